The zero-order chi connectivity index (χ0) is 7.98. The summed E-state index contributed by atoms with van der Waals surface area (Å²) >= 11 is 0. The number of aliphatic hydroxyl groups is 1. The molecule has 0 bridgehead atoms. The molecule has 0 radical (unpaired) electrons. The molecule has 10 heavy (non-hydrogen) atoms. The topological polar surface area (TPSA) is 37.3 Å². The van der Waals surface area contributed by atoms with Crippen LogP contribution < -0.4 is 0 Å². The molecule has 1 aliphatic carbocycles. The van der Waals surface area contributed by atoms with Gasteiger partial charge in [0.1, 0.15) is 0 Å². The Hall–Kier alpha value is -1.05. The first kappa shape index (κ1) is 8.95. The maximum absolute atomic E-state index is 10.4. The van der Waals surface area contributed by atoms with Gasteiger partial charge in [0.05, 0.1) is 0 Å². The molecule has 0 saturated heterocycles. The van der Waals surface area contributed by atoms with Crippen LogP contribution in [0.15, 0.2) is 24.0 Å². The summed E-state index contributed by atoms with van der Waals surface area (Å²) in [6, 6.07) is 0. The van der Waals surface area contributed by atoms with E-state index in [0.29, 0.717) is 6.42 Å². The molecule has 0 atom stereocenters. The minimum atomic E-state index is -0.295. The number of aliphatic hydroxyl groups excluding tert-OH is 1. The van der Waals surface area contributed by atoms with Crippen LogP contribution in [0.3, 0.4) is 0 Å². The van der Waals surface area contributed by atoms with Crippen molar-refractivity contribution < 1.29 is 9.90 Å². The van der Waals surface area contributed by atoms with Crippen molar-refractivity contribution in [3.05, 3.63) is 24.0 Å². The lowest BCUT2D eigenvalue weighted by atomic mass is 10.2. The summed E-state index contributed by atoms with van der Waals surface area (Å²) in [5.41, 5.74) is 0. The molecule has 0 aromatic carbocycles. The van der Waals surface area contributed by atoms with Crippen LogP contribution in [0.2, 0.25) is 0 Å². The third-order valence-electron chi connectivity index (χ3n) is 0.969. The maximum atomic E-state index is 10.4. The molecule has 0 fully saturated rings. The molecular weight excluding hydrogens is 128 g/mol. The number of carbonyl (C=O) groups is 1. The fourth-order valence-corrected chi connectivity index (χ4v) is 0.541. The van der Waals surface area contributed by atoms with Gasteiger partial charge in [-0.15, -0.1) is 0 Å². The zero-order valence-electron chi connectivity index (χ0n) is 6.29. The molecule has 2 nitrogen and oxygen atoms in total. The Balaban J connectivity index is 0.000000371. The molecule has 0 amide bonds. The van der Waals surface area contributed by atoms with Crippen molar-refractivity contribution in [3.63, 3.8) is 0 Å². The van der Waals surface area contributed by atoms with Gasteiger partial charge in [0, 0.05) is 0 Å². The second-order valence-corrected chi connectivity index (χ2v) is 1.59. The van der Waals surface area contributed by atoms with Gasteiger partial charge < -0.3 is 5.11 Å². The second-order valence-electron chi connectivity index (χ2n) is 1.59. The summed E-state index contributed by atoms with van der Waals surface area (Å²) < 4.78 is 0. The Bertz CT molecular complexity index is 166. The van der Waals surface area contributed by atoms with Gasteiger partial charge in [-0.25, -0.2) is 0 Å². The van der Waals surface area contributed by atoms with Crippen LogP contribution in [-0.2, 0) is 4.79 Å². The first-order chi connectivity index (χ1) is 4.80. The van der Waals surface area contributed by atoms with Gasteiger partial charge in [0.25, 0.3) is 0 Å². The predicted molar refractivity (Wildman–Crippen MR) is 40.8 cm³/mol. The number of carbonyl (C=O) groups excluding carboxylic acids is 1. The number of allylic oxidation sites excluding steroid dienone is 3. The zero-order valence-corrected chi connectivity index (χ0v) is 6.29. The number of rotatable bonds is 0. The van der Waals surface area contributed by atoms with E-state index in [0.717, 1.165) is 0 Å². The quantitative estimate of drug-likeness (QED) is 0.558. The van der Waals surface area contributed by atoms with E-state index in [9.17, 15) is 4.79 Å². The fraction of sp³-hybridized carbons (Fsp3) is 0.375. The van der Waals surface area contributed by atoms with Crippen molar-refractivity contribution in [2.24, 2.45) is 0 Å². The molecule has 0 unspecified atom stereocenters. The number of ketones is 1. The van der Waals surface area contributed by atoms with Crippen molar-refractivity contribution in [3.8, 4) is 0 Å². The molecule has 1 aliphatic rings. The van der Waals surface area contributed by atoms with E-state index in [1.807, 2.05) is 13.8 Å². The van der Waals surface area contributed by atoms with E-state index in [-0.39, 0.29) is 11.5 Å². The van der Waals surface area contributed by atoms with Crippen LogP contribution in [0.1, 0.15) is 20.3 Å². The first-order valence-electron chi connectivity index (χ1n) is 3.40. The van der Waals surface area contributed by atoms with Crippen molar-refractivity contribution in [2.75, 3.05) is 0 Å². The van der Waals surface area contributed by atoms with Crippen LogP contribution in [0.4, 0.5) is 0 Å². The van der Waals surface area contributed by atoms with Gasteiger partial charge >= 0.3 is 0 Å². The van der Waals surface area contributed by atoms with Crippen molar-refractivity contribution >= 4 is 5.78 Å². The average molecular weight is 140 g/mol. The Morgan fingerprint density at radius 3 is 2.40 bits per heavy atom. The summed E-state index contributed by atoms with van der Waals surface area (Å²) in [6.45, 7) is 4.00. The van der Waals surface area contributed by atoms with Gasteiger partial charge in [-0.2, -0.15) is 0 Å². The van der Waals surface area contributed by atoms with Crippen molar-refractivity contribution in [1.82, 2.24) is 0 Å². The van der Waals surface area contributed by atoms with Gasteiger partial charge in [0.2, 0.25) is 5.78 Å². The average Bonchev–Trinajstić information content (AvgIpc) is 2.00. The highest BCUT2D eigenvalue weighted by atomic mass is 16.3. The molecule has 0 aliphatic heterocycles. The largest absolute Gasteiger partial charge is 0.504 e. The van der Waals surface area contributed by atoms with E-state index in [1.54, 1.807) is 6.08 Å². The number of hydrogen-bond donors (Lipinski definition) is 1. The van der Waals surface area contributed by atoms with Crippen LogP contribution in [0.25, 0.3) is 0 Å². The van der Waals surface area contributed by atoms with Crippen LogP contribution in [0.5, 0.6) is 0 Å². The SMILES string of the molecule is CC.O=C1C=CCC=C1O. The maximum Gasteiger partial charge on any atom is 0.219 e. The monoisotopic (exact) mass is 140 g/mol. The summed E-state index contributed by atoms with van der Waals surface area (Å²) in [5.74, 6) is -0.427. The highest BCUT2D eigenvalue weighted by Crippen LogP contribution is 2.02. The lowest BCUT2D eigenvalue weighted by Crippen LogP contribution is -1.99. The highest BCUT2D eigenvalue weighted by molar-refractivity contribution is 6.02. The van der Waals surface area contributed by atoms with E-state index < -0.39 is 0 Å². The first-order valence-corrected chi connectivity index (χ1v) is 3.40. The Labute approximate surface area is 60.9 Å². The molecule has 2 heteroatoms. The number of hydrogen-bond acceptors (Lipinski definition) is 2. The van der Waals surface area contributed by atoms with Crippen molar-refractivity contribution in [2.45, 2.75) is 20.3 Å². The predicted octanol–water partition coefficient (Wildman–Crippen LogP) is 1.98. The fourth-order valence-electron chi connectivity index (χ4n) is 0.541. The molecule has 0 heterocycles. The normalized spacial score (nSPS) is 15.4. The van der Waals surface area contributed by atoms with E-state index in [2.05, 4.69) is 0 Å². The lowest BCUT2D eigenvalue weighted by Gasteiger charge is -1.96. The molecule has 56 valence electrons. The smallest absolute Gasteiger partial charge is 0.219 e. The van der Waals surface area contributed by atoms with Crippen LogP contribution >= 0.6 is 0 Å². The Morgan fingerprint density at radius 1 is 1.50 bits per heavy atom. The molecule has 0 saturated carbocycles. The van der Waals surface area contributed by atoms with E-state index in [4.69, 9.17) is 5.11 Å². The Morgan fingerprint density at radius 2 is 2.10 bits per heavy atom. The summed E-state index contributed by atoms with van der Waals surface area (Å²) in [6.07, 6.45) is 5.23. The minimum Gasteiger partial charge on any atom is -0.504 e. The van der Waals surface area contributed by atoms with Gasteiger partial charge in [-0.3, -0.25) is 4.79 Å². The van der Waals surface area contributed by atoms with Crippen LogP contribution in [-0.4, -0.2) is 10.9 Å². The third kappa shape index (κ3) is 2.49. The molecule has 1 N–H and O–H groups in total. The summed E-state index contributed by atoms with van der Waals surface area (Å²) in [7, 11) is 0. The van der Waals surface area contributed by atoms with Gasteiger partial charge in [0.15, 0.2) is 5.76 Å². The summed E-state index contributed by atoms with van der Waals surface area (Å²) in [5, 5.41) is 8.64. The standard InChI is InChI=1S/C6H6O2.C2H6/c7-5-3-1-2-4-6(5)8;1-2/h1,3-4,8H,2H2;1-2H3. The third-order valence-corrected chi connectivity index (χ3v) is 0.969. The second kappa shape index (κ2) is 4.79. The van der Waals surface area contributed by atoms with Crippen LogP contribution in [0, 0.1) is 0 Å². The van der Waals surface area contributed by atoms with Gasteiger partial charge in [-0.05, 0) is 18.6 Å². The van der Waals surface area contributed by atoms with Crippen molar-refractivity contribution in [1.29, 1.82) is 0 Å². The Kier molecular flexibility index (Phi) is 4.29. The minimum absolute atomic E-state index is 0.132. The highest BCUT2D eigenvalue weighted by Gasteiger charge is 2.03. The molecule has 0 aromatic rings. The molecule has 0 aromatic heterocycles. The summed E-state index contributed by atoms with van der Waals surface area (Å²) in [4.78, 5) is 10.4. The van der Waals surface area contributed by atoms with E-state index in [1.165, 1.54) is 12.2 Å². The molecular formula is C8H12O2. The molecule has 1 rings (SSSR count). The molecule has 0 spiro atoms. The van der Waals surface area contributed by atoms with Gasteiger partial charge in [-0.1, -0.05) is 19.9 Å². The van der Waals surface area contributed by atoms with E-state index >= 15 is 0 Å². The lowest BCUT2D eigenvalue weighted by molar-refractivity contribution is -0.113.